The third-order valence-electron chi connectivity index (χ3n) is 3.65. The number of aliphatic hydroxyl groups is 1. The highest BCUT2D eigenvalue weighted by Gasteiger charge is 2.38. The monoisotopic (exact) mass is 287 g/mol. The molecule has 0 radical (unpaired) electrons. The normalized spacial score (nSPS) is 22.3. The standard InChI is InChI=1S/C13H25N3O4/c1-3-15(4-2)7-5-6-14-13(20)16-9-10(17)8-11(16)12(18)19/h10-11,17H,3-9H2,1-2H3,(H,14,20)(H,18,19)/t10-,11-/m1/s1. The van der Waals surface area contributed by atoms with Gasteiger partial charge in [0, 0.05) is 19.5 Å². The van der Waals surface area contributed by atoms with Crippen molar-refractivity contribution in [3.05, 3.63) is 0 Å². The molecule has 1 aliphatic rings. The summed E-state index contributed by atoms with van der Waals surface area (Å²) in [6.45, 7) is 7.62. The van der Waals surface area contributed by atoms with Crippen LogP contribution < -0.4 is 5.32 Å². The lowest BCUT2D eigenvalue weighted by molar-refractivity contribution is -0.141. The molecule has 3 N–H and O–H groups in total. The van der Waals surface area contributed by atoms with Crippen molar-refractivity contribution in [2.75, 3.05) is 32.7 Å². The summed E-state index contributed by atoms with van der Waals surface area (Å²) in [5.74, 6) is -1.07. The van der Waals surface area contributed by atoms with Crippen molar-refractivity contribution in [2.45, 2.75) is 38.8 Å². The van der Waals surface area contributed by atoms with Crippen molar-refractivity contribution < 1.29 is 19.8 Å². The topological polar surface area (TPSA) is 93.1 Å². The summed E-state index contributed by atoms with van der Waals surface area (Å²) in [5, 5.41) is 21.2. The Kier molecular flexibility index (Phi) is 6.74. The number of amides is 2. The van der Waals surface area contributed by atoms with Crippen LogP contribution in [0.25, 0.3) is 0 Å². The van der Waals surface area contributed by atoms with Crippen molar-refractivity contribution in [1.82, 2.24) is 15.1 Å². The fourth-order valence-corrected chi connectivity index (χ4v) is 2.41. The molecular formula is C13H25N3O4. The Morgan fingerprint density at radius 1 is 1.35 bits per heavy atom. The summed E-state index contributed by atoms with van der Waals surface area (Å²) >= 11 is 0. The molecule has 0 saturated carbocycles. The largest absolute Gasteiger partial charge is 0.480 e. The van der Waals surface area contributed by atoms with E-state index >= 15 is 0 Å². The molecule has 0 bridgehead atoms. The van der Waals surface area contributed by atoms with E-state index in [4.69, 9.17) is 5.11 Å². The molecule has 1 aliphatic heterocycles. The molecule has 7 nitrogen and oxygen atoms in total. The van der Waals surface area contributed by atoms with Gasteiger partial charge in [-0.1, -0.05) is 13.8 Å². The smallest absolute Gasteiger partial charge is 0.326 e. The van der Waals surface area contributed by atoms with Crippen LogP contribution in [0.2, 0.25) is 0 Å². The molecule has 0 aromatic heterocycles. The Balaban J connectivity index is 2.33. The van der Waals surface area contributed by atoms with Gasteiger partial charge in [-0.25, -0.2) is 9.59 Å². The molecule has 1 heterocycles. The maximum atomic E-state index is 11.9. The van der Waals surface area contributed by atoms with E-state index in [2.05, 4.69) is 24.1 Å². The molecule has 1 fully saturated rings. The van der Waals surface area contributed by atoms with E-state index in [1.165, 1.54) is 4.90 Å². The molecule has 2 atom stereocenters. The number of rotatable bonds is 7. The number of urea groups is 1. The van der Waals surface area contributed by atoms with E-state index in [0.29, 0.717) is 6.54 Å². The number of aliphatic carboxylic acids is 1. The molecule has 1 saturated heterocycles. The fourth-order valence-electron chi connectivity index (χ4n) is 2.41. The maximum Gasteiger partial charge on any atom is 0.326 e. The molecule has 116 valence electrons. The fraction of sp³-hybridized carbons (Fsp3) is 0.846. The lowest BCUT2D eigenvalue weighted by Crippen LogP contribution is -2.46. The number of β-amino-alcohol motifs (C(OH)–C–C–N with tert-alkyl or cyclic N) is 1. The third-order valence-corrected chi connectivity index (χ3v) is 3.65. The third kappa shape index (κ3) is 4.64. The van der Waals surface area contributed by atoms with Gasteiger partial charge in [0.1, 0.15) is 6.04 Å². The number of likely N-dealkylation sites (tertiary alicyclic amines) is 1. The van der Waals surface area contributed by atoms with E-state index in [-0.39, 0.29) is 13.0 Å². The number of hydrogen-bond donors (Lipinski definition) is 3. The van der Waals surface area contributed by atoms with Crippen LogP contribution in [0.5, 0.6) is 0 Å². The minimum Gasteiger partial charge on any atom is -0.480 e. The van der Waals surface area contributed by atoms with Gasteiger partial charge >= 0.3 is 12.0 Å². The number of aliphatic hydroxyl groups excluding tert-OH is 1. The van der Waals surface area contributed by atoms with Gasteiger partial charge in [0.05, 0.1) is 6.10 Å². The zero-order valence-corrected chi connectivity index (χ0v) is 12.2. The van der Waals surface area contributed by atoms with Crippen LogP contribution in [0.3, 0.4) is 0 Å². The first kappa shape index (κ1) is 16.7. The van der Waals surface area contributed by atoms with Gasteiger partial charge in [-0.3, -0.25) is 0 Å². The quantitative estimate of drug-likeness (QED) is 0.571. The van der Waals surface area contributed by atoms with Crippen LogP contribution in [0, 0.1) is 0 Å². The molecule has 0 aromatic carbocycles. The van der Waals surface area contributed by atoms with Gasteiger partial charge in [-0.05, 0) is 26.1 Å². The molecule has 2 amide bonds. The first-order valence-corrected chi connectivity index (χ1v) is 7.17. The number of hydrogen-bond acceptors (Lipinski definition) is 4. The lowest BCUT2D eigenvalue weighted by atomic mass is 10.2. The summed E-state index contributed by atoms with van der Waals surface area (Å²) in [4.78, 5) is 26.4. The number of carbonyl (C=O) groups excluding carboxylic acids is 1. The average Bonchev–Trinajstić information content (AvgIpc) is 2.81. The highest BCUT2D eigenvalue weighted by atomic mass is 16.4. The van der Waals surface area contributed by atoms with Gasteiger partial charge in [0.25, 0.3) is 0 Å². The van der Waals surface area contributed by atoms with E-state index in [9.17, 15) is 14.7 Å². The molecule has 0 spiro atoms. The predicted molar refractivity (Wildman–Crippen MR) is 74.6 cm³/mol. The van der Waals surface area contributed by atoms with Crippen molar-refractivity contribution in [2.24, 2.45) is 0 Å². The van der Waals surface area contributed by atoms with Crippen LogP contribution in [0.4, 0.5) is 4.79 Å². The Morgan fingerprint density at radius 2 is 2.00 bits per heavy atom. The van der Waals surface area contributed by atoms with Crippen molar-refractivity contribution in [3.63, 3.8) is 0 Å². The van der Waals surface area contributed by atoms with Crippen molar-refractivity contribution >= 4 is 12.0 Å². The van der Waals surface area contributed by atoms with Gasteiger partial charge in [0.15, 0.2) is 0 Å². The number of carbonyl (C=O) groups is 2. The first-order chi connectivity index (χ1) is 9.49. The number of nitrogens with zero attached hydrogens (tertiary/aromatic N) is 2. The van der Waals surface area contributed by atoms with E-state index in [1.54, 1.807) is 0 Å². The predicted octanol–water partition coefficient (Wildman–Crippen LogP) is -0.0523. The highest BCUT2D eigenvalue weighted by Crippen LogP contribution is 2.17. The summed E-state index contributed by atoms with van der Waals surface area (Å²) in [5.41, 5.74) is 0. The Morgan fingerprint density at radius 3 is 2.55 bits per heavy atom. The van der Waals surface area contributed by atoms with Crippen molar-refractivity contribution in [3.8, 4) is 0 Å². The molecular weight excluding hydrogens is 262 g/mol. The Hall–Kier alpha value is -1.34. The van der Waals surface area contributed by atoms with Crippen LogP contribution >= 0.6 is 0 Å². The SMILES string of the molecule is CCN(CC)CCCNC(=O)N1C[C@H](O)C[C@@H]1C(=O)O. The molecule has 0 unspecified atom stereocenters. The van der Waals surface area contributed by atoms with E-state index in [1.807, 2.05) is 0 Å². The number of nitrogens with one attached hydrogen (secondary N) is 1. The molecule has 20 heavy (non-hydrogen) atoms. The second-order valence-corrected chi connectivity index (χ2v) is 5.01. The summed E-state index contributed by atoms with van der Waals surface area (Å²) in [6, 6.07) is -1.33. The Bertz CT molecular complexity index is 334. The summed E-state index contributed by atoms with van der Waals surface area (Å²) in [7, 11) is 0. The van der Waals surface area contributed by atoms with Gasteiger partial charge in [-0.2, -0.15) is 0 Å². The van der Waals surface area contributed by atoms with Gasteiger partial charge < -0.3 is 25.3 Å². The zero-order valence-electron chi connectivity index (χ0n) is 12.2. The first-order valence-electron chi connectivity index (χ1n) is 7.17. The lowest BCUT2D eigenvalue weighted by Gasteiger charge is -2.22. The Labute approximate surface area is 119 Å². The van der Waals surface area contributed by atoms with Crippen LogP contribution in [-0.2, 0) is 4.79 Å². The van der Waals surface area contributed by atoms with Gasteiger partial charge in [-0.15, -0.1) is 0 Å². The van der Waals surface area contributed by atoms with E-state index in [0.717, 1.165) is 26.1 Å². The number of carboxylic acids is 1. The molecule has 0 aliphatic carbocycles. The summed E-state index contributed by atoms with van der Waals surface area (Å²) < 4.78 is 0. The van der Waals surface area contributed by atoms with E-state index < -0.39 is 24.1 Å². The second kappa shape index (κ2) is 8.06. The zero-order chi connectivity index (χ0) is 15.1. The highest BCUT2D eigenvalue weighted by molar-refractivity contribution is 5.83. The molecule has 7 heteroatoms. The second-order valence-electron chi connectivity index (χ2n) is 5.01. The summed E-state index contributed by atoms with van der Waals surface area (Å²) in [6.07, 6.45) is 0.168. The van der Waals surface area contributed by atoms with Crippen LogP contribution in [0.15, 0.2) is 0 Å². The van der Waals surface area contributed by atoms with Crippen LogP contribution in [0.1, 0.15) is 26.7 Å². The minimum atomic E-state index is -1.07. The number of carboxylic acid groups (broad SMARTS) is 1. The molecule has 0 aromatic rings. The average molecular weight is 287 g/mol. The van der Waals surface area contributed by atoms with Crippen LogP contribution in [-0.4, -0.2) is 76.9 Å². The maximum absolute atomic E-state index is 11.9. The van der Waals surface area contributed by atoms with Crippen molar-refractivity contribution in [1.29, 1.82) is 0 Å². The molecule has 1 rings (SSSR count). The minimum absolute atomic E-state index is 0.0822. The van der Waals surface area contributed by atoms with Gasteiger partial charge in [0.2, 0.25) is 0 Å².